The number of nitro groups is 1. The minimum Gasteiger partial charge on any atom is -0.483 e. The Labute approximate surface area is 127 Å². The highest BCUT2D eigenvalue weighted by Gasteiger charge is 2.46. The van der Waals surface area contributed by atoms with Crippen LogP contribution in [0.5, 0.6) is 5.75 Å². The maximum absolute atomic E-state index is 11.0. The zero-order valence-electron chi connectivity index (χ0n) is 11.6. The zero-order chi connectivity index (χ0) is 15.5. The molecule has 0 aliphatic heterocycles. The van der Waals surface area contributed by atoms with Crippen LogP contribution in [0.1, 0.15) is 19.8 Å². The van der Waals surface area contributed by atoms with Gasteiger partial charge in [0.25, 0.3) is 0 Å². The molecule has 0 aromatic heterocycles. The summed E-state index contributed by atoms with van der Waals surface area (Å²) < 4.78 is 5.58. The minimum atomic E-state index is -0.818. The number of nitrogens with one attached hydrogen (secondary N) is 1. The van der Waals surface area contributed by atoms with Gasteiger partial charge in [-0.25, -0.2) is 0 Å². The van der Waals surface area contributed by atoms with E-state index in [2.05, 4.69) is 11.4 Å². The van der Waals surface area contributed by atoms with Gasteiger partial charge in [-0.3, -0.25) is 15.4 Å². The molecule has 1 saturated carbocycles. The van der Waals surface area contributed by atoms with Crippen LogP contribution in [0.3, 0.4) is 0 Å². The maximum Gasteiger partial charge on any atom is 0.312 e. The standard InChI is InChI=1S/C14H16ClN3O3/c1-2-17-14(8-16,10-6-7-10)9-21-13-11(15)4-3-5-12(13)18(19)20/h3-5,10,17H,2,6-7,9H2,1H3. The first-order valence-electron chi connectivity index (χ1n) is 6.76. The summed E-state index contributed by atoms with van der Waals surface area (Å²) in [6.07, 6.45) is 1.91. The highest BCUT2D eigenvalue weighted by Crippen LogP contribution is 2.41. The Bertz CT molecular complexity index is 583. The molecular formula is C14H16ClN3O3. The molecule has 112 valence electrons. The summed E-state index contributed by atoms with van der Waals surface area (Å²) in [7, 11) is 0. The molecule has 0 spiro atoms. The lowest BCUT2D eigenvalue weighted by molar-refractivity contribution is -0.385. The average Bonchev–Trinajstić information content (AvgIpc) is 3.29. The van der Waals surface area contributed by atoms with Gasteiger partial charge in [0.15, 0.2) is 0 Å². The molecule has 1 aromatic carbocycles. The number of benzene rings is 1. The molecule has 1 fully saturated rings. The maximum atomic E-state index is 11.0. The van der Waals surface area contributed by atoms with Gasteiger partial charge in [0.1, 0.15) is 12.1 Å². The highest BCUT2D eigenvalue weighted by atomic mass is 35.5. The van der Waals surface area contributed by atoms with Gasteiger partial charge >= 0.3 is 5.69 Å². The number of ether oxygens (including phenoxy) is 1. The van der Waals surface area contributed by atoms with Crippen LogP contribution in [0.25, 0.3) is 0 Å². The van der Waals surface area contributed by atoms with Crippen LogP contribution in [0.2, 0.25) is 5.02 Å². The predicted octanol–water partition coefficient (Wildman–Crippen LogP) is 2.91. The number of nitrogens with zero attached hydrogens (tertiary/aromatic N) is 2. The van der Waals surface area contributed by atoms with E-state index in [4.69, 9.17) is 16.3 Å². The largest absolute Gasteiger partial charge is 0.483 e. The molecule has 1 unspecified atom stereocenters. The van der Waals surface area contributed by atoms with Crippen molar-refractivity contribution in [3.63, 3.8) is 0 Å². The second-order valence-electron chi connectivity index (χ2n) is 5.02. The summed E-state index contributed by atoms with van der Waals surface area (Å²) >= 11 is 5.99. The molecule has 21 heavy (non-hydrogen) atoms. The van der Waals surface area contributed by atoms with Crippen LogP contribution in [-0.4, -0.2) is 23.6 Å². The Kier molecular flexibility index (Phi) is 4.66. The molecule has 7 heteroatoms. The minimum absolute atomic E-state index is 0.0161. The Morgan fingerprint density at radius 1 is 1.62 bits per heavy atom. The van der Waals surface area contributed by atoms with E-state index >= 15 is 0 Å². The third-order valence-electron chi connectivity index (χ3n) is 3.55. The summed E-state index contributed by atoms with van der Waals surface area (Å²) in [5, 5.41) is 23.8. The van der Waals surface area contributed by atoms with Gasteiger partial charge in [0.05, 0.1) is 16.0 Å². The lowest BCUT2D eigenvalue weighted by Crippen LogP contribution is -2.50. The van der Waals surface area contributed by atoms with Crippen molar-refractivity contribution >= 4 is 17.3 Å². The van der Waals surface area contributed by atoms with E-state index in [1.807, 2.05) is 6.92 Å². The van der Waals surface area contributed by atoms with Gasteiger partial charge in [-0.15, -0.1) is 0 Å². The fourth-order valence-electron chi connectivity index (χ4n) is 2.34. The molecule has 0 heterocycles. The van der Waals surface area contributed by atoms with E-state index < -0.39 is 10.5 Å². The second-order valence-corrected chi connectivity index (χ2v) is 5.43. The van der Waals surface area contributed by atoms with Crippen LogP contribution in [0.4, 0.5) is 5.69 Å². The highest BCUT2D eigenvalue weighted by molar-refractivity contribution is 6.32. The molecule has 0 bridgehead atoms. The molecule has 0 radical (unpaired) electrons. The van der Waals surface area contributed by atoms with E-state index in [0.717, 1.165) is 12.8 Å². The van der Waals surface area contributed by atoms with Crippen LogP contribution in [-0.2, 0) is 0 Å². The number of rotatable bonds is 7. The Hall–Kier alpha value is -1.84. The molecule has 6 nitrogen and oxygen atoms in total. The number of halogens is 1. The molecule has 0 amide bonds. The smallest absolute Gasteiger partial charge is 0.312 e. The van der Waals surface area contributed by atoms with Crippen molar-refractivity contribution in [1.29, 1.82) is 5.26 Å². The van der Waals surface area contributed by atoms with Crippen molar-refractivity contribution in [2.75, 3.05) is 13.2 Å². The molecule has 1 aromatic rings. The number of hydrogen-bond donors (Lipinski definition) is 1. The van der Waals surface area contributed by atoms with E-state index in [1.165, 1.54) is 18.2 Å². The number of nitro benzene ring substituents is 1. The number of para-hydroxylation sites is 1. The van der Waals surface area contributed by atoms with E-state index in [9.17, 15) is 15.4 Å². The average molecular weight is 310 g/mol. The molecule has 1 N–H and O–H groups in total. The summed E-state index contributed by atoms with van der Waals surface area (Å²) in [5.41, 5.74) is -1.01. The normalized spacial score (nSPS) is 16.8. The first-order valence-corrected chi connectivity index (χ1v) is 7.14. The summed E-state index contributed by atoms with van der Waals surface area (Å²) in [6.45, 7) is 2.57. The second kappa shape index (κ2) is 6.29. The Balaban J connectivity index is 2.22. The predicted molar refractivity (Wildman–Crippen MR) is 78.3 cm³/mol. The van der Waals surface area contributed by atoms with Crippen LogP contribution in [0, 0.1) is 27.4 Å². The molecule has 1 atom stereocenters. The van der Waals surface area contributed by atoms with Crippen molar-refractivity contribution in [3.8, 4) is 11.8 Å². The molecule has 0 saturated heterocycles. The third-order valence-corrected chi connectivity index (χ3v) is 3.85. The monoisotopic (exact) mass is 309 g/mol. The fraction of sp³-hybridized carbons (Fsp3) is 0.500. The van der Waals surface area contributed by atoms with E-state index in [0.29, 0.717) is 6.54 Å². The van der Waals surface area contributed by atoms with Crippen molar-refractivity contribution < 1.29 is 9.66 Å². The van der Waals surface area contributed by atoms with Crippen molar-refractivity contribution in [3.05, 3.63) is 33.3 Å². The number of likely N-dealkylation sites (N-methyl/N-ethyl adjacent to an activating group) is 1. The van der Waals surface area contributed by atoms with Gasteiger partial charge in [-0.2, -0.15) is 5.26 Å². The summed E-state index contributed by atoms with van der Waals surface area (Å²) in [6, 6.07) is 6.63. The van der Waals surface area contributed by atoms with Gasteiger partial charge < -0.3 is 4.74 Å². The molecule has 1 aliphatic carbocycles. The van der Waals surface area contributed by atoms with Gasteiger partial charge in [0, 0.05) is 6.07 Å². The van der Waals surface area contributed by atoms with Crippen LogP contribution in [0.15, 0.2) is 18.2 Å². The van der Waals surface area contributed by atoms with Gasteiger partial charge in [-0.05, 0) is 31.4 Å². The fourth-order valence-corrected chi connectivity index (χ4v) is 2.56. The molecule has 2 rings (SSSR count). The van der Waals surface area contributed by atoms with E-state index in [1.54, 1.807) is 0 Å². The molecule has 1 aliphatic rings. The number of nitriles is 1. The zero-order valence-corrected chi connectivity index (χ0v) is 12.4. The first kappa shape index (κ1) is 15.5. The molecular weight excluding hydrogens is 294 g/mol. The van der Waals surface area contributed by atoms with E-state index in [-0.39, 0.29) is 29.0 Å². The van der Waals surface area contributed by atoms with Crippen LogP contribution >= 0.6 is 11.6 Å². The first-order chi connectivity index (χ1) is 10.0. The third kappa shape index (κ3) is 3.26. The van der Waals surface area contributed by atoms with Crippen molar-refractivity contribution in [2.24, 2.45) is 5.92 Å². The Morgan fingerprint density at radius 2 is 2.33 bits per heavy atom. The lowest BCUT2D eigenvalue weighted by Gasteiger charge is -2.27. The summed E-state index contributed by atoms with van der Waals surface area (Å²) in [5.74, 6) is 0.228. The van der Waals surface area contributed by atoms with Gasteiger partial charge in [0.2, 0.25) is 5.75 Å². The SMILES string of the molecule is CCNC(C#N)(COc1c(Cl)cccc1[N+](=O)[O-])C1CC1. The van der Waals surface area contributed by atoms with Gasteiger partial charge in [-0.1, -0.05) is 24.6 Å². The topological polar surface area (TPSA) is 88.2 Å². The van der Waals surface area contributed by atoms with Crippen molar-refractivity contribution in [1.82, 2.24) is 5.32 Å². The van der Waals surface area contributed by atoms with Crippen molar-refractivity contribution in [2.45, 2.75) is 25.3 Å². The van der Waals surface area contributed by atoms with Crippen LogP contribution < -0.4 is 10.1 Å². The lowest BCUT2D eigenvalue weighted by atomic mass is 9.96. The summed E-state index contributed by atoms with van der Waals surface area (Å²) in [4.78, 5) is 10.5. The number of hydrogen-bond acceptors (Lipinski definition) is 5. The quantitative estimate of drug-likeness (QED) is 0.618. The Morgan fingerprint density at radius 3 is 2.86 bits per heavy atom.